The van der Waals surface area contributed by atoms with Crippen LogP contribution in [-0.4, -0.2) is 19.1 Å². The van der Waals surface area contributed by atoms with Crippen molar-refractivity contribution in [3.63, 3.8) is 0 Å². The summed E-state index contributed by atoms with van der Waals surface area (Å²) in [4.78, 5) is 0. The Bertz CT molecular complexity index is 162. The second-order valence-corrected chi connectivity index (χ2v) is 5.25. The Morgan fingerprint density at radius 2 is 1.86 bits per heavy atom. The number of alkyl halides is 1. The Balaban J connectivity index is 1.63. The zero-order valence-corrected chi connectivity index (χ0v) is 9.64. The minimum absolute atomic E-state index is 0.623. The summed E-state index contributed by atoms with van der Waals surface area (Å²) >= 11 is 6.00. The van der Waals surface area contributed by atoms with Gasteiger partial charge in [0.05, 0.1) is 6.61 Å². The van der Waals surface area contributed by atoms with Crippen molar-refractivity contribution in [1.29, 1.82) is 0 Å². The monoisotopic (exact) mass is 216 g/mol. The highest BCUT2D eigenvalue weighted by molar-refractivity contribution is 6.18. The van der Waals surface area contributed by atoms with Crippen LogP contribution in [0.2, 0.25) is 0 Å². The summed E-state index contributed by atoms with van der Waals surface area (Å²) in [5, 5.41) is 0. The molecule has 1 nitrogen and oxygen atoms in total. The molecule has 0 aromatic heterocycles. The molecular formula is C12H21ClO. The van der Waals surface area contributed by atoms with Gasteiger partial charge in [0, 0.05) is 12.5 Å². The minimum atomic E-state index is 0.623. The largest absolute Gasteiger partial charge is 0.381 e. The van der Waals surface area contributed by atoms with Gasteiger partial charge in [0.15, 0.2) is 0 Å². The molecule has 82 valence electrons. The van der Waals surface area contributed by atoms with E-state index in [0.29, 0.717) is 5.92 Å². The molecule has 0 aromatic rings. The standard InChI is InChI=1S/C12H21ClO/c13-7-12(11-3-1-2-4-11)9-14-8-10-5-6-10/h10-12H,1-9H2. The molecule has 0 spiro atoms. The lowest BCUT2D eigenvalue weighted by atomic mass is 9.93. The Morgan fingerprint density at radius 1 is 1.14 bits per heavy atom. The lowest BCUT2D eigenvalue weighted by Gasteiger charge is -2.20. The molecule has 2 heteroatoms. The van der Waals surface area contributed by atoms with Gasteiger partial charge in [-0.1, -0.05) is 25.7 Å². The van der Waals surface area contributed by atoms with Crippen molar-refractivity contribution >= 4 is 11.6 Å². The van der Waals surface area contributed by atoms with Crippen LogP contribution >= 0.6 is 11.6 Å². The fraction of sp³-hybridized carbons (Fsp3) is 1.00. The summed E-state index contributed by atoms with van der Waals surface area (Å²) < 4.78 is 5.74. The van der Waals surface area contributed by atoms with E-state index in [4.69, 9.17) is 16.3 Å². The van der Waals surface area contributed by atoms with Gasteiger partial charge >= 0.3 is 0 Å². The molecule has 1 atom stereocenters. The predicted molar refractivity (Wildman–Crippen MR) is 59.7 cm³/mol. The van der Waals surface area contributed by atoms with E-state index in [1.807, 2.05) is 0 Å². The third-order valence-electron chi connectivity index (χ3n) is 3.65. The topological polar surface area (TPSA) is 9.23 Å². The van der Waals surface area contributed by atoms with Crippen LogP contribution in [0.3, 0.4) is 0 Å². The summed E-state index contributed by atoms with van der Waals surface area (Å²) in [5.74, 6) is 3.15. The number of rotatable bonds is 6. The first-order valence-corrected chi connectivity index (χ1v) is 6.57. The molecule has 1 unspecified atom stereocenters. The normalized spacial score (nSPS) is 25.5. The Hall–Kier alpha value is 0.250. The van der Waals surface area contributed by atoms with Gasteiger partial charge in [0.1, 0.15) is 0 Å². The molecule has 2 saturated carbocycles. The number of hydrogen-bond acceptors (Lipinski definition) is 1. The van der Waals surface area contributed by atoms with Crippen molar-refractivity contribution in [2.75, 3.05) is 19.1 Å². The van der Waals surface area contributed by atoms with E-state index in [0.717, 1.165) is 30.9 Å². The second-order valence-electron chi connectivity index (χ2n) is 4.94. The summed E-state index contributed by atoms with van der Waals surface area (Å²) in [6, 6.07) is 0. The summed E-state index contributed by atoms with van der Waals surface area (Å²) in [5.41, 5.74) is 0. The van der Waals surface area contributed by atoms with Gasteiger partial charge in [-0.2, -0.15) is 0 Å². The average molecular weight is 217 g/mol. The highest BCUT2D eigenvalue weighted by Gasteiger charge is 2.26. The predicted octanol–water partition coefficient (Wildman–Crippen LogP) is 3.46. The minimum Gasteiger partial charge on any atom is -0.381 e. The van der Waals surface area contributed by atoms with E-state index in [9.17, 15) is 0 Å². The van der Waals surface area contributed by atoms with Crippen molar-refractivity contribution in [2.24, 2.45) is 17.8 Å². The summed E-state index contributed by atoms with van der Waals surface area (Å²) in [6.07, 6.45) is 8.33. The molecule has 0 radical (unpaired) electrons. The molecule has 0 amide bonds. The fourth-order valence-electron chi connectivity index (χ4n) is 2.41. The van der Waals surface area contributed by atoms with Gasteiger partial charge in [-0.25, -0.2) is 0 Å². The maximum Gasteiger partial charge on any atom is 0.0508 e. The van der Waals surface area contributed by atoms with E-state index < -0.39 is 0 Å². The van der Waals surface area contributed by atoms with Crippen molar-refractivity contribution in [3.8, 4) is 0 Å². The number of hydrogen-bond donors (Lipinski definition) is 0. The smallest absolute Gasteiger partial charge is 0.0508 e. The van der Waals surface area contributed by atoms with E-state index in [1.54, 1.807) is 0 Å². The maximum atomic E-state index is 6.00. The van der Waals surface area contributed by atoms with E-state index >= 15 is 0 Å². The quantitative estimate of drug-likeness (QED) is 0.618. The summed E-state index contributed by atoms with van der Waals surface area (Å²) in [7, 11) is 0. The van der Waals surface area contributed by atoms with Gasteiger partial charge in [-0.05, 0) is 30.6 Å². The van der Waals surface area contributed by atoms with Gasteiger partial charge in [0.2, 0.25) is 0 Å². The second kappa shape index (κ2) is 5.37. The highest BCUT2D eigenvalue weighted by Crippen LogP contribution is 2.33. The van der Waals surface area contributed by atoms with Crippen LogP contribution < -0.4 is 0 Å². The van der Waals surface area contributed by atoms with Crippen LogP contribution in [0, 0.1) is 17.8 Å². The molecule has 0 saturated heterocycles. The fourth-order valence-corrected chi connectivity index (χ4v) is 2.75. The molecule has 14 heavy (non-hydrogen) atoms. The maximum absolute atomic E-state index is 6.00. The van der Waals surface area contributed by atoms with Gasteiger partial charge in [0.25, 0.3) is 0 Å². The van der Waals surface area contributed by atoms with Crippen LogP contribution in [0.25, 0.3) is 0 Å². The van der Waals surface area contributed by atoms with Crippen molar-refractivity contribution < 1.29 is 4.74 Å². The lowest BCUT2D eigenvalue weighted by Crippen LogP contribution is -2.20. The molecule has 0 bridgehead atoms. The summed E-state index contributed by atoms with van der Waals surface area (Å²) in [6.45, 7) is 1.89. The van der Waals surface area contributed by atoms with Gasteiger partial charge < -0.3 is 4.74 Å². The van der Waals surface area contributed by atoms with E-state index in [2.05, 4.69) is 0 Å². The Labute approximate surface area is 92.2 Å². The zero-order valence-electron chi connectivity index (χ0n) is 8.88. The van der Waals surface area contributed by atoms with E-state index in [1.165, 1.54) is 38.5 Å². The third-order valence-corrected chi connectivity index (χ3v) is 4.04. The third kappa shape index (κ3) is 3.13. The van der Waals surface area contributed by atoms with Crippen molar-refractivity contribution in [1.82, 2.24) is 0 Å². The molecule has 2 fully saturated rings. The SMILES string of the molecule is ClCC(COCC1CC1)C1CCCC1. The van der Waals surface area contributed by atoms with Crippen LogP contribution in [0.4, 0.5) is 0 Å². The first-order valence-electron chi connectivity index (χ1n) is 6.04. The molecule has 0 aromatic carbocycles. The van der Waals surface area contributed by atoms with Crippen LogP contribution in [-0.2, 0) is 4.74 Å². The average Bonchev–Trinajstić information content (AvgIpc) is 2.86. The van der Waals surface area contributed by atoms with Gasteiger partial charge in [-0.3, -0.25) is 0 Å². The highest BCUT2D eigenvalue weighted by atomic mass is 35.5. The Morgan fingerprint density at radius 3 is 2.43 bits per heavy atom. The van der Waals surface area contributed by atoms with Gasteiger partial charge in [-0.15, -0.1) is 11.6 Å². The molecule has 0 heterocycles. The molecular weight excluding hydrogens is 196 g/mol. The first kappa shape index (κ1) is 10.8. The van der Waals surface area contributed by atoms with E-state index in [-0.39, 0.29) is 0 Å². The zero-order chi connectivity index (χ0) is 9.80. The number of halogens is 1. The molecule has 0 aliphatic heterocycles. The van der Waals surface area contributed by atoms with Crippen molar-refractivity contribution in [2.45, 2.75) is 38.5 Å². The molecule has 2 aliphatic rings. The van der Waals surface area contributed by atoms with Crippen molar-refractivity contribution in [3.05, 3.63) is 0 Å². The van der Waals surface area contributed by atoms with Crippen LogP contribution in [0.5, 0.6) is 0 Å². The molecule has 0 N–H and O–H groups in total. The number of ether oxygens (including phenoxy) is 1. The van der Waals surface area contributed by atoms with Crippen LogP contribution in [0.1, 0.15) is 38.5 Å². The Kier molecular flexibility index (Phi) is 4.12. The lowest BCUT2D eigenvalue weighted by molar-refractivity contribution is 0.0787. The molecule has 2 aliphatic carbocycles. The first-order chi connectivity index (χ1) is 6.90. The van der Waals surface area contributed by atoms with Crippen LogP contribution in [0.15, 0.2) is 0 Å². The molecule has 2 rings (SSSR count).